The topological polar surface area (TPSA) is 15.3 Å². The van der Waals surface area contributed by atoms with Crippen LogP contribution in [0.3, 0.4) is 0 Å². The summed E-state index contributed by atoms with van der Waals surface area (Å²) < 4.78 is 0. The van der Waals surface area contributed by atoms with E-state index in [9.17, 15) is 0 Å². The molecular formula is C15H22Cl2N2. The zero-order chi connectivity index (χ0) is 12.5. The molecule has 1 aromatic rings. The highest BCUT2D eigenvalue weighted by molar-refractivity contribution is 6.30. The summed E-state index contributed by atoms with van der Waals surface area (Å²) in [5.74, 6) is 0. The monoisotopic (exact) mass is 300 g/mol. The van der Waals surface area contributed by atoms with Crippen molar-refractivity contribution in [1.29, 1.82) is 0 Å². The molecule has 0 aromatic heterocycles. The Morgan fingerprint density at radius 3 is 2.58 bits per heavy atom. The van der Waals surface area contributed by atoms with Crippen molar-refractivity contribution in [1.82, 2.24) is 10.2 Å². The first-order valence-corrected chi connectivity index (χ1v) is 7.29. The van der Waals surface area contributed by atoms with E-state index in [1.54, 1.807) is 0 Å². The summed E-state index contributed by atoms with van der Waals surface area (Å²) in [5.41, 5.74) is 1.32. The molecule has 2 atom stereocenters. The summed E-state index contributed by atoms with van der Waals surface area (Å²) in [6.07, 6.45) is 5.33. The Morgan fingerprint density at radius 2 is 1.95 bits per heavy atom. The van der Waals surface area contributed by atoms with Gasteiger partial charge in [0.1, 0.15) is 0 Å². The van der Waals surface area contributed by atoms with Gasteiger partial charge in [0.05, 0.1) is 0 Å². The Morgan fingerprint density at radius 1 is 1.26 bits per heavy atom. The Kier molecular flexibility index (Phi) is 5.13. The molecule has 2 fully saturated rings. The van der Waals surface area contributed by atoms with Gasteiger partial charge in [-0.15, -0.1) is 12.4 Å². The molecule has 0 amide bonds. The maximum absolute atomic E-state index is 6.04. The SMILES string of the molecule is CN(Cc1cccc(Cl)c1)C1CC2CCC(C1)N2.Cl. The molecule has 0 radical (unpaired) electrons. The molecule has 2 bridgehead atoms. The molecule has 0 aliphatic carbocycles. The molecule has 19 heavy (non-hydrogen) atoms. The lowest BCUT2D eigenvalue weighted by molar-refractivity contribution is 0.166. The molecule has 2 nitrogen and oxygen atoms in total. The van der Waals surface area contributed by atoms with E-state index in [1.165, 1.54) is 31.2 Å². The van der Waals surface area contributed by atoms with Crippen LogP contribution in [0.5, 0.6) is 0 Å². The van der Waals surface area contributed by atoms with Gasteiger partial charge >= 0.3 is 0 Å². The lowest BCUT2D eigenvalue weighted by atomic mass is 9.98. The third-order valence-corrected chi connectivity index (χ3v) is 4.63. The first kappa shape index (κ1) is 15.1. The van der Waals surface area contributed by atoms with Gasteiger partial charge < -0.3 is 5.32 Å². The van der Waals surface area contributed by atoms with Gasteiger partial charge in [-0.2, -0.15) is 0 Å². The molecule has 2 aliphatic heterocycles. The summed E-state index contributed by atoms with van der Waals surface area (Å²) in [7, 11) is 2.25. The fourth-order valence-electron chi connectivity index (χ4n) is 3.44. The number of nitrogens with zero attached hydrogens (tertiary/aromatic N) is 1. The fourth-order valence-corrected chi connectivity index (χ4v) is 3.65. The standard InChI is InChI=1S/C15H21ClN2.ClH/c1-18(10-11-3-2-4-12(16)7-11)15-8-13-5-6-14(9-15)17-13;/h2-4,7,13-15,17H,5-6,8-10H2,1H3;1H. The van der Waals surface area contributed by atoms with E-state index in [0.717, 1.165) is 29.7 Å². The van der Waals surface area contributed by atoms with Crippen molar-refractivity contribution in [2.45, 2.75) is 50.4 Å². The second kappa shape index (κ2) is 6.45. The van der Waals surface area contributed by atoms with Crippen molar-refractivity contribution in [3.05, 3.63) is 34.9 Å². The molecule has 1 N–H and O–H groups in total. The third-order valence-electron chi connectivity index (χ3n) is 4.39. The van der Waals surface area contributed by atoms with Crippen molar-refractivity contribution < 1.29 is 0 Å². The number of hydrogen-bond donors (Lipinski definition) is 1. The van der Waals surface area contributed by atoms with Crippen LogP contribution in [-0.2, 0) is 6.54 Å². The van der Waals surface area contributed by atoms with Crippen LogP contribution in [-0.4, -0.2) is 30.1 Å². The van der Waals surface area contributed by atoms with Crippen molar-refractivity contribution >= 4 is 24.0 Å². The quantitative estimate of drug-likeness (QED) is 0.919. The number of rotatable bonds is 3. The fraction of sp³-hybridized carbons (Fsp3) is 0.600. The molecule has 0 spiro atoms. The number of piperidine rings is 1. The average molecular weight is 301 g/mol. The first-order chi connectivity index (χ1) is 8.70. The molecule has 2 saturated heterocycles. The Labute approximate surface area is 126 Å². The second-order valence-electron chi connectivity index (χ2n) is 5.81. The lowest BCUT2D eigenvalue weighted by Gasteiger charge is -2.35. The van der Waals surface area contributed by atoms with Crippen LogP contribution in [0.1, 0.15) is 31.2 Å². The van der Waals surface area contributed by atoms with E-state index in [0.29, 0.717) is 0 Å². The Balaban J connectivity index is 0.00000133. The van der Waals surface area contributed by atoms with Crippen LogP contribution in [0.4, 0.5) is 0 Å². The molecular weight excluding hydrogens is 279 g/mol. The normalized spacial score (nSPS) is 29.3. The van der Waals surface area contributed by atoms with E-state index in [-0.39, 0.29) is 12.4 Å². The number of fused-ring (bicyclic) bond motifs is 2. The summed E-state index contributed by atoms with van der Waals surface area (Å²) >= 11 is 6.04. The predicted octanol–water partition coefficient (Wildman–Crippen LogP) is 3.48. The maximum atomic E-state index is 6.04. The van der Waals surface area contributed by atoms with Gasteiger partial charge in [-0.1, -0.05) is 23.7 Å². The van der Waals surface area contributed by atoms with E-state index in [4.69, 9.17) is 11.6 Å². The summed E-state index contributed by atoms with van der Waals surface area (Å²) in [6, 6.07) is 10.5. The third kappa shape index (κ3) is 3.63. The van der Waals surface area contributed by atoms with Crippen molar-refractivity contribution in [2.75, 3.05) is 7.05 Å². The highest BCUT2D eigenvalue weighted by atomic mass is 35.5. The van der Waals surface area contributed by atoms with Crippen LogP contribution in [0.2, 0.25) is 5.02 Å². The first-order valence-electron chi connectivity index (χ1n) is 6.91. The minimum absolute atomic E-state index is 0. The van der Waals surface area contributed by atoms with Gasteiger partial charge in [-0.05, 0) is 50.4 Å². The van der Waals surface area contributed by atoms with Gasteiger partial charge in [-0.25, -0.2) is 0 Å². The minimum Gasteiger partial charge on any atom is -0.311 e. The number of halogens is 2. The second-order valence-corrected chi connectivity index (χ2v) is 6.24. The zero-order valence-electron chi connectivity index (χ0n) is 11.3. The minimum atomic E-state index is 0. The highest BCUT2D eigenvalue weighted by Gasteiger charge is 2.34. The van der Waals surface area contributed by atoms with Crippen molar-refractivity contribution in [3.8, 4) is 0 Å². The summed E-state index contributed by atoms with van der Waals surface area (Å²) in [6.45, 7) is 1.00. The van der Waals surface area contributed by atoms with Crippen molar-refractivity contribution in [3.63, 3.8) is 0 Å². The lowest BCUT2D eigenvalue weighted by Crippen LogP contribution is -2.46. The van der Waals surface area contributed by atoms with Gasteiger partial charge in [-0.3, -0.25) is 4.90 Å². The molecule has 2 aliphatic rings. The molecule has 3 rings (SSSR count). The van der Waals surface area contributed by atoms with Gasteiger partial charge in [0.25, 0.3) is 0 Å². The van der Waals surface area contributed by atoms with Gasteiger partial charge in [0.15, 0.2) is 0 Å². The van der Waals surface area contributed by atoms with Crippen LogP contribution < -0.4 is 5.32 Å². The molecule has 2 unspecified atom stereocenters. The van der Waals surface area contributed by atoms with E-state index in [2.05, 4.69) is 29.4 Å². The average Bonchev–Trinajstić information content (AvgIpc) is 2.68. The molecule has 4 heteroatoms. The summed E-state index contributed by atoms with van der Waals surface area (Å²) in [4.78, 5) is 2.50. The smallest absolute Gasteiger partial charge is 0.0409 e. The predicted molar refractivity (Wildman–Crippen MR) is 83.1 cm³/mol. The Hall–Kier alpha value is -0.280. The van der Waals surface area contributed by atoms with Crippen LogP contribution in [0.25, 0.3) is 0 Å². The highest BCUT2D eigenvalue weighted by Crippen LogP contribution is 2.29. The molecule has 106 valence electrons. The van der Waals surface area contributed by atoms with Gasteiger partial charge in [0, 0.05) is 29.7 Å². The summed E-state index contributed by atoms with van der Waals surface area (Å²) in [5, 5.41) is 4.54. The molecule has 1 aromatic carbocycles. The Bertz CT molecular complexity index is 412. The van der Waals surface area contributed by atoms with E-state index < -0.39 is 0 Å². The molecule has 0 saturated carbocycles. The van der Waals surface area contributed by atoms with Crippen molar-refractivity contribution in [2.24, 2.45) is 0 Å². The van der Waals surface area contributed by atoms with Crippen LogP contribution >= 0.6 is 24.0 Å². The van der Waals surface area contributed by atoms with E-state index >= 15 is 0 Å². The zero-order valence-corrected chi connectivity index (χ0v) is 12.9. The number of benzene rings is 1. The van der Waals surface area contributed by atoms with E-state index in [1.807, 2.05) is 12.1 Å². The molecule has 2 heterocycles. The van der Waals surface area contributed by atoms with Crippen LogP contribution in [0.15, 0.2) is 24.3 Å². The van der Waals surface area contributed by atoms with Crippen LogP contribution in [0, 0.1) is 0 Å². The number of nitrogens with one attached hydrogen (secondary N) is 1. The number of hydrogen-bond acceptors (Lipinski definition) is 2. The largest absolute Gasteiger partial charge is 0.311 e. The van der Waals surface area contributed by atoms with Gasteiger partial charge in [0.2, 0.25) is 0 Å². The maximum Gasteiger partial charge on any atom is 0.0409 e.